The van der Waals surface area contributed by atoms with E-state index in [2.05, 4.69) is 16.0 Å². The molecule has 0 fully saturated rings. The van der Waals surface area contributed by atoms with E-state index in [1.807, 2.05) is 30.3 Å². The molecule has 0 aliphatic rings. The molecule has 0 saturated carbocycles. The normalized spacial score (nSPS) is 14.2. The van der Waals surface area contributed by atoms with Crippen LogP contribution >= 0.6 is 0 Å². The van der Waals surface area contributed by atoms with E-state index in [-0.39, 0.29) is 12.8 Å². The molecule has 0 saturated heterocycles. The van der Waals surface area contributed by atoms with Gasteiger partial charge in [-0.05, 0) is 44.7 Å². The number of carbonyl (C=O) groups is 5. The summed E-state index contributed by atoms with van der Waals surface area (Å²) in [6.07, 6.45) is 0.696. The Morgan fingerprint density at radius 2 is 1.47 bits per heavy atom. The molecular formula is C22H33N5O7. The first-order valence-corrected chi connectivity index (χ1v) is 10.9. The number of rotatable bonds is 15. The Kier molecular flexibility index (Phi) is 12.2. The van der Waals surface area contributed by atoms with Crippen LogP contribution in [0, 0.1) is 0 Å². The highest BCUT2D eigenvalue weighted by atomic mass is 16.4. The van der Waals surface area contributed by atoms with E-state index in [4.69, 9.17) is 21.7 Å². The number of hydrogen-bond donors (Lipinski definition) is 7. The molecule has 1 aromatic rings. The molecule has 1 rings (SSSR count). The maximum atomic E-state index is 12.9. The van der Waals surface area contributed by atoms with Gasteiger partial charge in [0.05, 0.1) is 12.5 Å². The second kappa shape index (κ2) is 14.6. The molecule has 188 valence electrons. The lowest BCUT2D eigenvalue weighted by atomic mass is 10.0. The third-order valence-corrected chi connectivity index (χ3v) is 4.96. The monoisotopic (exact) mass is 479 g/mol. The van der Waals surface area contributed by atoms with Crippen LogP contribution in [0.5, 0.6) is 0 Å². The summed E-state index contributed by atoms with van der Waals surface area (Å²) in [5.41, 5.74) is 12.3. The third-order valence-electron chi connectivity index (χ3n) is 4.96. The molecule has 1 aromatic carbocycles. The smallest absolute Gasteiger partial charge is 0.325 e. The van der Waals surface area contributed by atoms with Gasteiger partial charge in [0.15, 0.2) is 0 Å². The zero-order chi connectivity index (χ0) is 25.7. The lowest BCUT2D eigenvalue weighted by Gasteiger charge is -2.24. The Bertz CT molecular complexity index is 849. The van der Waals surface area contributed by atoms with Gasteiger partial charge < -0.3 is 37.6 Å². The second-order valence-corrected chi connectivity index (χ2v) is 7.87. The molecule has 34 heavy (non-hydrogen) atoms. The number of nitrogens with two attached hydrogens (primary N) is 2. The SMILES string of the molecule is CC(NC(=O)C(CC(=O)O)NC(=O)C(CCCCN)NC(=O)C(N)Cc1ccccc1)C(=O)O. The summed E-state index contributed by atoms with van der Waals surface area (Å²) in [5.74, 6) is -5.05. The molecule has 0 aliphatic carbocycles. The van der Waals surface area contributed by atoms with Crippen molar-refractivity contribution in [1.29, 1.82) is 0 Å². The van der Waals surface area contributed by atoms with Gasteiger partial charge in [0.1, 0.15) is 18.1 Å². The lowest BCUT2D eigenvalue weighted by molar-refractivity contribution is -0.143. The molecule has 0 bridgehead atoms. The molecule has 4 atom stereocenters. The van der Waals surface area contributed by atoms with Crippen molar-refractivity contribution in [3.8, 4) is 0 Å². The summed E-state index contributed by atoms with van der Waals surface area (Å²) in [7, 11) is 0. The Hall–Kier alpha value is -3.51. The molecule has 0 aliphatic heterocycles. The van der Waals surface area contributed by atoms with Crippen molar-refractivity contribution >= 4 is 29.7 Å². The van der Waals surface area contributed by atoms with Crippen molar-refractivity contribution in [2.75, 3.05) is 6.54 Å². The van der Waals surface area contributed by atoms with Crippen LogP contribution < -0.4 is 27.4 Å². The van der Waals surface area contributed by atoms with Gasteiger partial charge in [0.25, 0.3) is 0 Å². The molecule has 12 nitrogen and oxygen atoms in total. The van der Waals surface area contributed by atoms with Gasteiger partial charge in [-0.15, -0.1) is 0 Å². The van der Waals surface area contributed by atoms with Crippen molar-refractivity contribution in [3.63, 3.8) is 0 Å². The van der Waals surface area contributed by atoms with E-state index in [9.17, 15) is 24.0 Å². The fraction of sp³-hybridized carbons (Fsp3) is 0.500. The maximum Gasteiger partial charge on any atom is 0.325 e. The average Bonchev–Trinajstić information content (AvgIpc) is 2.78. The van der Waals surface area contributed by atoms with Crippen LogP contribution in [0.4, 0.5) is 0 Å². The summed E-state index contributed by atoms with van der Waals surface area (Å²) < 4.78 is 0. The highest BCUT2D eigenvalue weighted by Gasteiger charge is 2.30. The largest absolute Gasteiger partial charge is 0.481 e. The number of carboxylic acid groups (broad SMARTS) is 2. The molecule has 0 aromatic heterocycles. The van der Waals surface area contributed by atoms with Gasteiger partial charge in [-0.25, -0.2) is 0 Å². The fourth-order valence-electron chi connectivity index (χ4n) is 3.03. The quantitative estimate of drug-likeness (QED) is 0.149. The van der Waals surface area contributed by atoms with E-state index in [1.165, 1.54) is 6.92 Å². The van der Waals surface area contributed by atoms with Crippen LogP contribution in [0.1, 0.15) is 38.2 Å². The van der Waals surface area contributed by atoms with Gasteiger partial charge in [0, 0.05) is 0 Å². The van der Waals surface area contributed by atoms with Crippen LogP contribution in [-0.4, -0.2) is 70.6 Å². The number of aliphatic carboxylic acids is 2. The first kappa shape index (κ1) is 28.5. The van der Waals surface area contributed by atoms with Crippen molar-refractivity contribution in [1.82, 2.24) is 16.0 Å². The van der Waals surface area contributed by atoms with Gasteiger partial charge in [-0.2, -0.15) is 0 Å². The van der Waals surface area contributed by atoms with E-state index in [0.29, 0.717) is 19.4 Å². The van der Waals surface area contributed by atoms with E-state index in [1.54, 1.807) is 0 Å². The van der Waals surface area contributed by atoms with Crippen LogP contribution in [0.15, 0.2) is 30.3 Å². The van der Waals surface area contributed by atoms with E-state index >= 15 is 0 Å². The molecule has 9 N–H and O–H groups in total. The molecule has 12 heteroatoms. The number of amides is 3. The highest BCUT2D eigenvalue weighted by Crippen LogP contribution is 2.06. The van der Waals surface area contributed by atoms with Crippen molar-refractivity contribution < 1.29 is 34.2 Å². The molecule has 0 radical (unpaired) electrons. The number of hydrogen-bond acceptors (Lipinski definition) is 7. The zero-order valence-corrected chi connectivity index (χ0v) is 19.0. The van der Waals surface area contributed by atoms with Crippen LogP contribution in [-0.2, 0) is 30.4 Å². The average molecular weight is 480 g/mol. The number of carbonyl (C=O) groups excluding carboxylic acids is 3. The Morgan fingerprint density at radius 1 is 0.882 bits per heavy atom. The Labute approximate surface area is 197 Å². The minimum atomic E-state index is -1.54. The summed E-state index contributed by atoms with van der Waals surface area (Å²) in [4.78, 5) is 60.1. The number of benzene rings is 1. The predicted molar refractivity (Wildman–Crippen MR) is 122 cm³/mol. The predicted octanol–water partition coefficient (Wildman–Crippen LogP) is -1.28. The number of carboxylic acids is 2. The Balaban J connectivity index is 2.91. The standard InChI is InChI=1S/C22H33N5O7/c1-13(22(33)34)25-21(32)17(12-18(28)29)27-20(31)16(9-5-6-10-23)26-19(30)15(24)11-14-7-3-2-4-8-14/h2-4,7-8,13,15-17H,5-6,9-12,23-24H2,1H3,(H,25,32)(H,26,30)(H,27,31)(H,28,29)(H,33,34). The first-order chi connectivity index (χ1) is 16.0. The van der Waals surface area contributed by atoms with Gasteiger partial charge in [0.2, 0.25) is 17.7 Å². The molecule has 0 spiro atoms. The summed E-state index contributed by atoms with van der Waals surface area (Å²) in [5, 5.41) is 25.1. The molecule has 4 unspecified atom stereocenters. The van der Waals surface area contributed by atoms with Crippen LogP contribution in [0.25, 0.3) is 0 Å². The van der Waals surface area contributed by atoms with Crippen molar-refractivity contribution in [2.45, 2.75) is 63.2 Å². The summed E-state index contributed by atoms with van der Waals surface area (Å²) >= 11 is 0. The topological polar surface area (TPSA) is 214 Å². The third kappa shape index (κ3) is 10.4. The van der Waals surface area contributed by atoms with Crippen LogP contribution in [0.2, 0.25) is 0 Å². The van der Waals surface area contributed by atoms with Gasteiger partial charge in [-0.3, -0.25) is 24.0 Å². The van der Waals surface area contributed by atoms with Gasteiger partial charge >= 0.3 is 11.9 Å². The van der Waals surface area contributed by atoms with E-state index in [0.717, 1.165) is 5.56 Å². The summed E-state index contributed by atoms with van der Waals surface area (Å²) in [6.45, 7) is 1.57. The maximum absolute atomic E-state index is 12.9. The van der Waals surface area contributed by atoms with Crippen molar-refractivity contribution in [2.24, 2.45) is 11.5 Å². The molecular weight excluding hydrogens is 446 g/mol. The second-order valence-electron chi connectivity index (χ2n) is 7.87. The number of nitrogens with one attached hydrogen (secondary N) is 3. The lowest BCUT2D eigenvalue weighted by Crippen LogP contribution is -2.57. The minimum absolute atomic E-state index is 0.180. The highest BCUT2D eigenvalue weighted by molar-refractivity contribution is 5.95. The van der Waals surface area contributed by atoms with Gasteiger partial charge in [-0.1, -0.05) is 30.3 Å². The molecule has 0 heterocycles. The summed E-state index contributed by atoms with van der Waals surface area (Å²) in [6, 6.07) is 4.19. The first-order valence-electron chi connectivity index (χ1n) is 10.9. The Morgan fingerprint density at radius 3 is 2.03 bits per heavy atom. The van der Waals surface area contributed by atoms with Crippen molar-refractivity contribution in [3.05, 3.63) is 35.9 Å². The van der Waals surface area contributed by atoms with E-state index < -0.39 is 60.2 Å². The number of unbranched alkanes of at least 4 members (excludes halogenated alkanes) is 1. The zero-order valence-electron chi connectivity index (χ0n) is 19.0. The van der Waals surface area contributed by atoms with Crippen LogP contribution in [0.3, 0.4) is 0 Å². The fourth-order valence-corrected chi connectivity index (χ4v) is 3.03. The minimum Gasteiger partial charge on any atom is -0.481 e. The molecule has 3 amide bonds.